The van der Waals surface area contributed by atoms with Gasteiger partial charge in [0.25, 0.3) is 0 Å². The van der Waals surface area contributed by atoms with Crippen molar-refractivity contribution < 1.29 is 13.2 Å². The second kappa shape index (κ2) is 5.24. The van der Waals surface area contributed by atoms with Crippen molar-refractivity contribution in [1.82, 2.24) is 9.78 Å². The van der Waals surface area contributed by atoms with Crippen molar-refractivity contribution in [2.45, 2.75) is 12.7 Å². The third-order valence-electron chi connectivity index (χ3n) is 2.55. The summed E-state index contributed by atoms with van der Waals surface area (Å²) in [7, 11) is 1.74. The molecule has 0 unspecified atom stereocenters. The Balaban J connectivity index is 2.20. The molecule has 0 saturated carbocycles. The molecule has 0 spiro atoms. The van der Waals surface area contributed by atoms with Crippen molar-refractivity contribution in [2.75, 3.05) is 5.32 Å². The van der Waals surface area contributed by atoms with Crippen LogP contribution in [0.4, 0.5) is 19.0 Å². The van der Waals surface area contributed by atoms with E-state index in [1.165, 1.54) is 6.07 Å². The fourth-order valence-corrected chi connectivity index (χ4v) is 2.02. The lowest BCUT2D eigenvalue weighted by atomic mass is 10.1. The summed E-state index contributed by atoms with van der Waals surface area (Å²) >= 11 is 3.05. The molecule has 0 amide bonds. The van der Waals surface area contributed by atoms with E-state index in [2.05, 4.69) is 26.3 Å². The summed E-state index contributed by atoms with van der Waals surface area (Å²) in [5.74, 6) is 0.540. The summed E-state index contributed by atoms with van der Waals surface area (Å²) < 4.78 is 40.7. The van der Waals surface area contributed by atoms with E-state index in [1.807, 2.05) is 0 Å². The zero-order valence-electron chi connectivity index (χ0n) is 10.0. The molecule has 1 N–H and O–H groups in total. The normalized spacial score (nSPS) is 11.6. The van der Waals surface area contributed by atoms with Crippen LogP contribution in [0, 0.1) is 0 Å². The Hall–Kier alpha value is -1.50. The molecule has 0 saturated heterocycles. The molecule has 0 atom stereocenters. The number of alkyl halides is 3. The maximum Gasteiger partial charge on any atom is 0.416 e. The maximum absolute atomic E-state index is 12.9. The van der Waals surface area contributed by atoms with E-state index in [-0.39, 0.29) is 12.1 Å². The SMILES string of the molecule is Cn1ccc(NCc2ccc(Br)cc2C(F)(F)F)n1. The fourth-order valence-electron chi connectivity index (χ4n) is 1.66. The molecule has 102 valence electrons. The number of aromatic nitrogens is 2. The Morgan fingerprint density at radius 3 is 2.63 bits per heavy atom. The van der Waals surface area contributed by atoms with E-state index >= 15 is 0 Å². The van der Waals surface area contributed by atoms with Gasteiger partial charge in [0.2, 0.25) is 0 Å². The van der Waals surface area contributed by atoms with Crippen LogP contribution in [-0.4, -0.2) is 9.78 Å². The van der Waals surface area contributed by atoms with Crippen molar-refractivity contribution in [3.05, 3.63) is 46.1 Å². The van der Waals surface area contributed by atoms with Crippen LogP contribution in [0.1, 0.15) is 11.1 Å². The third kappa shape index (κ3) is 3.50. The minimum Gasteiger partial charge on any atom is -0.365 e. The van der Waals surface area contributed by atoms with Crippen LogP contribution in [0.15, 0.2) is 34.9 Å². The number of nitrogens with one attached hydrogen (secondary N) is 1. The lowest BCUT2D eigenvalue weighted by molar-refractivity contribution is -0.138. The van der Waals surface area contributed by atoms with E-state index < -0.39 is 11.7 Å². The van der Waals surface area contributed by atoms with Gasteiger partial charge < -0.3 is 5.32 Å². The van der Waals surface area contributed by atoms with Gasteiger partial charge in [0.15, 0.2) is 0 Å². The zero-order chi connectivity index (χ0) is 14.0. The molecular formula is C12H11BrF3N3. The summed E-state index contributed by atoms with van der Waals surface area (Å²) in [5, 5.41) is 6.92. The number of benzene rings is 1. The van der Waals surface area contributed by atoms with E-state index in [1.54, 1.807) is 30.1 Å². The van der Waals surface area contributed by atoms with Gasteiger partial charge in [-0.1, -0.05) is 22.0 Å². The Morgan fingerprint density at radius 2 is 2.05 bits per heavy atom. The number of rotatable bonds is 3. The molecule has 1 aromatic heterocycles. The number of nitrogens with zero attached hydrogens (tertiary/aromatic N) is 2. The predicted molar refractivity (Wildman–Crippen MR) is 69.7 cm³/mol. The molecule has 19 heavy (non-hydrogen) atoms. The quantitative estimate of drug-likeness (QED) is 0.925. The molecule has 7 heteroatoms. The van der Waals surface area contributed by atoms with Gasteiger partial charge in [-0.25, -0.2) is 0 Å². The standard InChI is InChI=1S/C12H11BrF3N3/c1-19-5-4-11(18-19)17-7-8-2-3-9(13)6-10(8)12(14,15)16/h2-6H,7H2,1H3,(H,17,18). The largest absolute Gasteiger partial charge is 0.416 e. The first kappa shape index (κ1) is 13.9. The van der Waals surface area contributed by atoms with Gasteiger partial charge >= 0.3 is 6.18 Å². The number of halogens is 4. The second-order valence-corrected chi connectivity index (χ2v) is 4.94. The Morgan fingerprint density at radius 1 is 1.32 bits per heavy atom. The van der Waals surface area contributed by atoms with Gasteiger partial charge in [-0.15, -0.1) is 0 Å². The number of hydrogen-bond donors (Lipinski definition) is 1. The summed E-state index contributed by atoms with van der Waals surface area (Å²) in [6.45, 7) is 0.0686. The van der Waals surface area contributed by atoms with Crippen molar-refractivity contribution in [2.24, 2.45) is 7.05 Å². The molecular weight excluding hydrogens is 323 g/mol. The highest BCUT2D eigenvalue weighted by atomic mass is 79.9. The molecule has 2 aromatic rings. The number of hydrogen-bond acceptors (Lipinski definition) is 2. The molecule has 2 rings (SSSR count). The van der Waals surface area contributed by atoms with E-state index in [4.69, 9.17) is 0 Å². The number of anilines is 1. The first-order chi connectivity index (χ1) is 8.86. The van der Waals surface area contributed by atoms with Crippen LogP contribution >= 0.6 is 15.9 Å². The number of aryl methyl sites for hydroxylation is 1. The lowest BCUT2D eigenvalue weighted by Crippen LogP contribution is -2.12. The highest BCUT2D eigenvalue weighted by molar-refractivity contribution is 9.10. The summed E-state index contributed by atoms with van der Waals surface area (Å²) in [4.78, 5) is 0. The smallest absolute Gasteiger partial charge is 0.365 e. The topological polar surface area (TPSA) is 29.9 Å². The van der Waals surface area contributed by atoms with E-state index in [0.717, 1.165) is 6.07 Å². The summed E-state index contributed by atoms with van der Waals surface area (Å²) in [6.07, 6.45) is -2.65. The average molecular weight is 334 g/mol. The fraction of sp³-hybridized carbons (Fsp3) is 0.250. The van der Waals surface area contributed by atoms with Gasteiger partial charge in [0, 0.05) is 30.3 Å². The average Bonchev–Trinajstić information content (AvgIpc) is 2.72. The summed E-state index contributed by atoms with van der Waals surface area (Å²) in [5.41, 5.74) is -0.466. The van der Waals surface area contributed by atoms with Crippen molar-refractivity contribution in [3.63, 3.8) is 0 Å². The second-order valence-electron chi connectivity index (χ2n) is 4.03. The molecule has 1 heterocycles. The monoisotopic (exact) mass is 333 g/mol. The van der Waals surface area contributed by atoms with Crippen LogP contribution < -0.4 is 5.32 Å². The zero-order valence-corrected chi connectivity index (χ0v) is 11.6. The molecule has 0 aliphatic rings. The molecule has 1 aromatic carbocycles. The van der Waals surface area contributed by atoms with Gasteiger partial charge in [-0.05, 0) is 17.7 Å². The van der Waals surface area contributed by atoms with E-state index in [0.29, 0.717) is 10.3 Å². The van der Waals surface area contributed by atoms with Crippen LogP contribution in [-0.2, 0) is 19.8 Å². The van der Waals surface area contributed by atoms with Crippen molar-refractivity contribution in [3.8, 4) is 0 Å². The van der Waals surface area contributed by atoms with E-state index in [9.17, 15) is 13.2 Å². The van der Waals surface area contributed by atoms with Gasteiger partial charge in [0.1, 0.15) is 5.82 Å². The van der Waals surface area contributed by atoms with Gasteiger partial charge in [-0.2, -0.15) is 18.3 Å². The Bertz CT molecular complexity index is 578. The first-order valence-electron chi connectivity index (χ1n) is 5.45. The van der Waals surface area contributed by atoms with Crippen LogP contribution in [0.5, 0.6) is 0 Å². The predicted octanol–water partition coefficient (Wildman–Crippen LogP) is 3.81. The first-order valence-corrected chi connectivity index (χ1v) is 6.25. The molecule has 0 fully saturated rings. The molecule has 0 radical (unpaired) electrons. The molecule has 0 bridgehead atoms. The van der Waals surface area contributed by atoms with Crippen molar-refractivity contribution in [1.29, 1.82) is 0 Å². The third-order valence-corrected chi connectivity index (χ3v) is 3.04. The Kier molecular flexibility index (Phi) is 3.84. The molecule has 3 nitrogen and oxygen atoms in total. The van der Waals surface area contributed by atoms with Crippen LogP contribution in [0.2, 0.25) is 0 Å². The minimum atomic E-state index is -4.37. The minimum absolute atomic E-state index is 0.0686. The van der Waals surface area contributed by atoms with Gasteiger partial charge in [0.05, 0.1) is 5.56 Å². The summed E-state index contributed by atoms with van der Waals surface area (Å²) in [6, 6.07) is 5.81. The lowest BCUT2D eigenvalue weighted by Gasteiger charge is -2.13. The maximum atomic E-state index is 12.9. The molecule has 0 aliphatic heterocycles. The molecule has 0 aliphatic carbocycles. The van der Waals surface area contributed by atoms with Crippen molar-refractivity contribution >= 4 is 21.7 Å². The van der Waals surface area contributed by atoms with Crippen LogP contribution in [0.3, 0.4) is 0 Å². The van der Waals surface area contributed by atoms with Crippen LogP contribution in [0.25, 0.3) is 0 Å². The highest BCUT2D eigenvalue weighted by Crippen LogP contribution is 2.34. The van der Waals surface area contributed by atoms with Gasteiger partial charge in [-0.3, -0.25) is 4.68 Å². The highest BCUT2D eigenvalue weighted by Gasteiger charge is 2.33. The Labute approximate surface area is 116 Å².